The molecule has 6 heteroatoms. The van der Waals surface area contributed by atoms with Gasteiger partial charge in [0.2, 0.25) is 5.12 Å². The maximum Gasteiger partial charge on any atom is 0.244 e. The monoisotopic (exact) mass is 309 g/mol. The molecule has 0 N–H and O–H groups in total. The molecule has 0 bridgehead atoms. The first-order valence-corrected chi connectivity index (χ1v) is 7.85. The third kappa shape index (κ3) is 3.37. The van der Waals surface area contributed by atoms with Crippen LogP contribution in [-0.4, -0.2) is 29.5 Å². The highest BCUT2D eigenvalue weighted by atomic mass is 32.2. The Kier molecular flexibility index (Phi) is 5.14. The highest BCUT2D eigenvalue weighted by Gasteiger charge is 2.22. The van der Waals surface area contributed by atoms with Crippen LogP contribution in [0.4, 0.5) is 0 Å². The molecule has 0 unspecified atom stereocenters. The number of hydrogen-bond donors (Lipinski definition) is 0. The molecule has 0 aliphatic carbocycles. The Morgan fingerprint density at radius 1 is 1.30 bits per heavy atom. The van der Waals surface area contributed by atoms with Gasteiger partial charge in [0.1, 0.15) is 10.1 Å². The quantitative estimate of drug-likeness (QED) is 0.798. The van der Waals surface area contributed by atoms with Crippen LogP contribution in [0.25, 0.3) is 6.08 Å². The van der Waals surface area contributed by atoms with Crippen LogP contribution in [0.5, 0.6) is 11.5 Å². The Bertz CT molecular complexity index is 582. The zero-order valence-corrected chi connectivity index (χ0v) is 13.1. The molecule has 20 heavy (non-hydrogen) atoms. The maximum absolute atomic E-state index is 11.9. The third-order valence-electron chi connectivity index (χ3n) is 2.58. The summed E-state index contributed by atoms with van der Waals surface area (Å²) in [6.45, 7) is 2.04. The lowest BCUT2D eigenvalue weighted by atomic mass is 10.1. The number of carbonyl (C=O) groups excluding carboxylic acids is 1. The Balaban J connectivity index is 2.28. The summed E-state index contributed by atoms with van der Waals surface area (Å²) < 4.78 is 11.2. The van der Waals surface area contributed by atoms with Crippen molar-refractivity contribution in [2.75, 3.05) is 20.0 Å². The fourth-order valence-electron chi connectivity index (χ4n) is 1.68. The van der Waals surface area contributed by atoms with E-state index in [9.17, 15) is 4.79 Å². The van der Waals surface area contributed by atoms with E-state index in [0.29, 0.717) is 17.2 Å². The van der Waals surface area contributed by atoms with Crippen LogP contribution in [0.3, 0.4) is 0 Å². The molecule has 0 saturated carbocycles. The van der Waals surface area contributed by atoms with Crippen LogP contribution in [0.15, 0.2) is 28.9 Å². The molecule has 0 fully saturated rings. The highest BCUT2D eigenvalue weighted by Crippen LogP contribution is 2.32. The minimum absolute atomic E-state index is 0.0178. The largest absolute Gasteiger partial charge is 0.493 e. The average molecular weight is 309 g/mol. The molecule has 1 aromatic carbocycles. The normalized spacial score (nSPS) is 16.4. The SMILES string of the molecule is CCSC1=N/C(=C/c2ccc(OC)c(OC)c2)C(=O)S1. The molecule has 1 aromatic rings. The first-order valence-electron chi connectivity index (χ1n) is 6.05. The van der Waals surface area contributed by atoms with E-state index in [1.807, 2.05) is 25.1 Å². The summed E-state index contributed by atoms with van der Waals surface area (Å²) in [5.41, 5.74) is 1.33. The van der Waals surface area contributed by atoms with Gasteiger partial charge in [0.05, 0.1) is 14.2 Å². The van der Waals surface area contributed by atoms with Gasteiger partial charge in [-0.05, 0) is 41.3 Å². The summed E-state index contributed by atoms with van der Waals surface area (Å²) >= 11 is 2.76. The van der Waals surface area contributed by atoms with Crippen molar-refractivity contribution in [3.05, 3.63) is 29.5 Å². The molecule has 0 saturated heterocycles. The van der Waals surface area contributed by atoms with Gasteiger partial charge in [-0.15, -0.1) is 0 Å². The molecule has 2 rings (SSSR count). The molecule has 0 aromatic heterocycles. The molecular formula is C14H15NO3S2. The smallest absolute Gasteiger partial charge is 0.244 e. The van der Waals surface area contributed by atoms with Gasteiger partial charge < -0.3 is 9.47 Å². The third-order valence-corrected chi connectivity index (χ3v) is 4.47. The van der Waals surface area contributed by atoms with Crippen molar-refractivity contribution in [3.63, 3.8) is 0 Å². The predicted molar refractivity (Wildman–Crippen MR) is 85.7 cm³/mol. The van der Waals surface area contributed by atoms with Crippen molar-refractivity contribution in [3.8, 4) is 11.5 Å². The zero-order valence-electron chi connectivity index (χ0n) is 11.5. The van der Waals surface area contributed by atoms with Gasteiger partial charge in [0.15, 0.2) is 11.5 Å². The standard InChI is InChI=1S/C14H15NO3S2/c1-4-19-14-15-10(13(16)20-14)7-9-5-6-11(17-2)12(8-9)18-3/h5-8H,4H2,1-3H3/b10-7+. The van der Waals surface area contributed by atoms with Gasteiger partial charge in [-0.3, -0.25) is 4.79 Å². The second-order valence-corrected chi connectivity index (χ2v) is 6.32. The number of ether oxygens (including phenoxy) is 2. The molecule has 0 amide bonds. The minimum Gasteiger partial charge on any atom is -0.493 e. The zero-order chi connectivity index (χ0) is 14.5. The van der Waals surface area contributed by atoms with E-state index in [0.717, 1.165) is 15.7 Å². The fraction of sp³-hybridized carbons (Fsp3) is 0.286. The van der Waals surface area contributed by atoms with E-state index in [-0.39, 0.29) is 5.12 Å². The van der Waals surface area contributed by atoms with Crippen molar-refractivity contribution in [1.29, 1.82) is 0 Å². The lowest BCUT2D eigenvalue weighted by Gasteiger charge is -2.07. The van der Waals surface area contributed by atoms with Crippen LogP contribution in [0.2, 0.25) is 0 Å². The Morgan fingerprint density at radius 3 is 2.70 bits per heavy atom. The summed E-state index contributed by atoms with van der Waals surface area (Å²) in [6, 6.07) is 5.50. The number of rotatable bonds is 4. The molecule has 4 nitrogen and oxygen atoms in total. The van der Waals surface area contributed by atoms with Crippen molar-refractivity contribution in [2.45, 2.75) is 6.92 Å². The second-order valence-electron chi connectivity index (χ2n) is 3.84. The average Bonchev–Trinajstić information content (AvgIpc) is 2.79. The summed E-state index contributed by atoms with van der Waals surface area (Å²) in [5.74, 6) is 2.20. The molecule has 0 spiro atoms. The molecule has 1 aliphatic heterocycles. The number of nitrogens with zero attached hydrogens (tertiary/aromatic N) is 1. The van der Waals surface area contributed by atoms with Gasteiger partial charge in [-0.25, -0.2) is 4.99 Å². The second kappa shape index (κ2) is 6.85. The first-order chi connectivity index (χ1) is 9.67. The maximum atomic E-state index is 11.9. The molecule has 1 heterocycles. The van der Waals surface area contributed by atoms with Gasteiger partial charge in [-0.2, -0.15) is 0 Å². The van der Waals surface area contributed by atoms with Crippen LogP contribution < -0.4 is 9.47 Å². The van der Waals surface area contributed by atoms with E-state index < -0.39 is 0 Å². The molecule has 106 valence electrons. The Labute approximate surface area is 126 Å². The lowest BCUT2D eigenvalue weighted by molar-refractivity contribution is -0.107. The number of carbonyl (C=O) groups is 1. The summed E-state index contributed by atoms with van der Waals surface area (Å²) in [7, 11) is 3.17. The Morgan fingerprint density at radius 2 is 2.05 bits per heavy atom. The predicted octanol–water partition coefficient (Wildman–Crippen LogP) is 3.43. The van der Waals surface area contributed by atoms with E-state index in [1.54, 1.807) is 32.1 Å². The van der Waals surface area contributed by atoms with E-state index in [1.165, 1.54) is 11.8 Å². The van der Waals surface area contributed by atoms with Crippen LogP contribution >= 0.6 is 23.5 Å². The van der Waals surface area contributed by atoms with Crippen molar-refractivity contribution in [1.82, 2.24) is 0 Å². The Hall–Kier alpha value is -1.40. The lowest BCUT2D eigenvalue weighted by Crippen LogP contribution is -1.92. The van der Waals surface area contributed by atoms with Gasteiger partial charge in [0, 0.05) is 0 Å². The summed E-state index contributed by atoms with van der Waals surface area (Å²) in [6.07, 6.45) is 1.76. The van der Waals surface area contributed by atoms with Crippen molar-refractivity contribution < 1.29 is 14.3 Å². The van der Waals surface area contributed by atoms with Crippen LogP contribution in [0.1, 0.15) is 12.5 Å². The van der Waals surface area contributed by atoms with Gasteiger partial charge in [-0.1, -0.05) is 24.8 Å². The molecule has 0 atom stereocenters. The fourth-order valence-corrected chi connectivity index (χ4v) is 3.41. The first kappa shape index (κ1) is 15.0. The topological polar surface area (TPSA) is 47.9 Å². The van der Waals surface area contributed by atoms with Gasteiger partial charge >= 0.3 is 0 Å². The number of benzene rings is 1. The van der Waals surface area contributed by atoms with Crippen LogP contribution in [-0.2, 0) is 4.79 Å². The van der Waals surface area contributed by atoms with E-state index in [2.05, 4.69) is 4.99 Å². The van der Waals surface area contributed by atoms with Crippen molar-refractivity contribution >= 4 is 39.1 Å². The number of thioether (sulfide) groups is 2. The summed E-state index contributed by atoms with van der Waals surface area (Å²) in [4.78, 5) is 16.2. The summed E-state index contributed by atoms with van der Waals surface area (Å²) in [5, 5.41) is -0.0178. The van der Waals surface area contributed by atoms with E-state index in [4.69, 9.17) is 9.47 Å². The number of hydrogen-bond acceptors (Lipinski definition) is 6. The molecule has 0 radical (unpaired) electrons. The molecule has 1 aliphatic rings. The number of aliphatic imine (C=N–C) groups is 1. The van der Waals surface area contributed by atoms with Crippen LogP contribution in [0, 0.1) is 0 Å². The minimum atomic E-state index is -0.0178. The van der Waals surface area contributed by atoms with Crippen molar-refractivity contribution in [2.24, 2.45) is 4.99 Å². The molecular weight excluding hydrogens is 294 g/mol. The number of methoxy groups -OCH3 is 2. The highest BCUT2D eigenvalue weighted by molar-refractivity contribution is 8.45. The van der Waals surface area contributed by atoms with Gasteiger partial charge in [0.25, 0.3) is 0 Å². The van der Waals surface area contributed by atoms with E-state index >= 15 is 0 Å².